The Labute approximate surface area is 119 Å². The molecule has 0 bridgehead atoms. The molecule has 0 saturated heterocycles. The van der Waals surface area contributed by atoms with Gasteiger partial charge in [-0.3, -0.25) is 0 Å². The number of ether oxygens (including phenoxy) is 1. The van der Waals surface area contributed by atoms with Crippen LogP contribution >= 0.6 is 0 Å². The molecule has 1 nitrogen and oxygen atoms in total. The van der Waals surface area contributed by atoms with Crippen LogP contribution in [0.15, 0.2) is 30.3 Å². The molecular formula is C17H26OSi. The van der Waals surface area contributed by atoms with Crippen LogP contribution in [0.2, 0.25) is 19.1 Å². The molecule has 1 aromatic rings. The molecule has 0 aliphatic rings. The van der Waals surface area contributed by atoms with E-state index in [0.717, 1.165) is 19.4 Å². The van der Waals surface area contributed by atoms with Crippen LogP contribution in [-0.2, 0) is 11.3 Å². The predicted octanol–water partition coefficient (Wildman–Crippen LogP) is 4.64. The summed E-state index contributed by atoms with van der Waals surface area (Å²) < 4.78 is 5.64. The summed E-state index contributed by atoms with van der Waals surface area (Å²) in [6.07, 6.45) is 3.26. The van der Waals surface area contributed by atoms with Gasteiger partial charge >= 0.3 is 0 Å². The summed E-state index contributed by atoms with van der Waals surface area (Å²) in [6.45, 7) is 8.47. The first-order chi connectivity index (χ1) is 9.14. The molecule has 1 rings (SSSR count). The average Bonchev–Trinajstić information content (AvgIpc) is 2.38. The van der Waals surface area contributed by atoms with Gasteiger partial charge in [0.25, 0.3) is 0 Å². The molecule has 0 heterocycles. The maximum atomic E-state index is 5.64. The van der Waals surface area contributed by atoms with Crippen molar-refractivity contribution in [2.75, 3.05) is 6.61 Å². The van der Waals surface area contributed by atoms with E-state index in [0.29, 0.717) is 6.61 Å². The highest BCUT2D eigenvalue weighted by molar-refractivity contribution is 6.85. The molecule has 0 saturated carbocycles. The minimum Gasteiger partial charge on any atom is -0.377 e. The van der Waals surface area contributed by atoms with Crippen molar-refractivity contribution < 1.29 is 4.74 Å². The van der Waals surface area contributed by atoms with Crippen LogP contribution in [-0.4, -0.2) is 14.7 Å². The van der Waals surface area contributed by atoms with E-state index in [2.05, 4.69) is 43.6 Å². The van der Waals surface area contributed by atoms with Gasteiger partial charge in [0.15, 0.2) is 0 Å². The Morgan fingerprint density at radius 2 is 1.89 bits per heavy atom. The van der Waals surface area contributed by atoms with Gasteiger partial charge in [0.1, 0.15) is 8.07 Å². The second-order valence-electron chi connectivity index (χ2n) is 5.58. The highest BCUT2D eigenvalue weighted by atomic mass is 28.3. The van der Waals surface area contributed by atoms with Crippen LogP contribution in [0.5, 0.6) is 0 Å². The molecule has 0 spiro atoms. The third-order valence-electron chi connectivity index (χ3n) is 3.00. The van der Waals surface area contributed by atoms with E-state index in [-0.39, 0.29) is 0 Å². The molecule has 19 heavy (non-hydrogen) atoms. The largest absolute Gasteiger partial charge is 0.377 e. The fourth-order valence-electron chi connectivity index (χ4n) is 2.02. The van der Waals surface area contributed by atoms with Gasteiger partial charge in [0, 0.05) is 13.0 Å². The van der Waals surface area contributed by atoms with Gasteiger partial charge in [0.05, 0.1) is 6.61 Å². The van der Waals surface area contributed by atoms with E-state index in [1.807, 2.05) is 18.2 Å². The fraction of sp³-hybridized carbons (Fsp3) is 0.529. The molecule has 0 N–H and O–H groups in total. The molecule has 0 aromatic heterocycles. The molecule has 0 fully saturated rings. The summed E-state index contributed by atoms with van der Waals surface area (Å²) in [5, 5.41) is 0. The predicted molar refractivity (Wildman–Crippen MR) is 85.7 cm³/mol. The summed E-state index contributed by atoms with van der Waals surface area (Å²) >= 11 is 0. The van der Waals surface area contributed by atoms with Crippen molar-refractivity contribution in [3.05, 3.63) is 35.9 Å². The highest BCUT2D eigenvalue weighted by Gasteiger charge is 2.15. The summed E-state index contributed by atoms with van der Waals surface area (Å²) in [4.78, 5) is 0. The lowest BCUT2D eigenvalue weighted by Crippen LogP contribution is -2.22. The lowest BCUT2D eigenvalue weighted by atomic mass is 10.2. The molecule has 0 unspecified atom stereocenters. The summed E-state index contributed by atoms with van der Waals surface area (Å²) in [7, 11) is -1.23. The van der Waals surface area contributed by atoms with Crippen LogP contribution in [0, 0.1) is 11.5 Å². The zero-order valence-corrected chi connectivity index (χ0v) is 13.5. The number of benzene rings is 1. The van der Waals surface area contributed by atoms with Crippen molar-refractivity contribution in [1.82, 2.24) is 0 Å². The molecule has 2 heteroatoms. The molecule has 0 aliphatic carbocycles. The lowest BCUT2D eigenvalue weighted by molar-refractivity contribution is 0.119. The number of unbranched alkanes of at least 4 members (excludes halogenated alkanes) is 1. The van der Waals surface area contributed by atoms with Crippen LogP contribution in [0.25, 0.3) is 0 Å². The van der Waals surface area contributed by atoms with Crippen molar-refractivity contribution in [3.8, 4) is 11.5 Å². The first kappa shape index (κ1) is 16.0. The Balaban J connectivity index is 2.10. The van der Waals surface area contributed by atoms with Crippen molar-refractivity contribution in [2.45, 2.75) is 51.9 Å². The normalized spacial score (nSPS) is 10.9. The van der Waals surface area contributed by atoms with E-state index in [1.165, 1.54) is 18.0 Å². The third-order valence-corrected chi connectivity index (χ3v) is 5.61. The first-order valence-corrected chi connectivity index (χ1v) is 10.5. The number of hydrogen-bond acceptors (Lipinski definition) is 1. The quantitative estimate of drug-likeness (QED) is 0.400. The minimum atomic E-state index is -1.23. The summed E-state index contributed by atoms with van der Waals surface area (Å²) in [6, 6.07) is 11.6. The molecule has 0 aliphatic heterocycles. The van der Waals surface area contributed by atoms with Crippen molar-refractivity contribution in [1.29, 1.82) is 0 Å². The standard InChI is InChI=1S/C17H26OSi/c1-4-14-19(2,3)15-10-6-9-13-18-16-17-11-7-5-8-12-17/h5,7-8,11-12H,4,6,9,13-14,16H2,1-3H3. The van der Waals surface area contributed by atoms with Crippen LogP contribution in [0.3, 0.4) is 0 Å². The van der Waals surface area contributed by atoms with E-state index in [1.54, 1.807) is 0 Å². The van der Waals surface area contributed by atoms with Crippen molar-refractivity contribution in [2.24, 2.45) is 0 Å². The number of hydrogen-bond donors (Lipinski definition) is 0. The maximum Gasteiger partial charge on any atom is 0.132 e. The molecule has 0 radical (unpaired) electrons. The van der Waals surface area contributed by atoms with Crippen LogP contribution < -0.4 is 0 Å². The van der Waals surface area contributed by atoms with Gasteiger partial charge in [-0.05, 0) is 18.0 Å². The molecule has 0 atom stereocenters. The summed E-state index contributed by atoms with van der Waals surface area (Å²) in [5.41, 5.74) is 4.74. The van der Waals surface area contributed by atoms with Gasteiger partial charge in [-0.1, -0.05) is 56.8 Å². The molecule has 0 amide bonds. The zero-order valence-electron chi connectivity index (χ0n) is 12.5. The Morgan fingerprint density at radius 1 is 1.16 bits per heavy atom. The van der Waals surface area contributed by atoms with Gasteiger partial charge in [-0.25, -0.2) is 0 Å². The van der Waals surface area contributed by atoms with Crippen molar-refractivity contribution >= 4 is 8.07 Å². The second kappa shape index (κ2) is 8.96. The molecular weight excluding hydrogens is 248 g/mol. The zero-order chi connectivity index (χ0) is 14.0. The van der Waals surface area contributed by atoms with E-state index < -0.39 is 8.07 Å². The van der Waals surface area contributed by atoms with Gasteiger partial charge in [-0.15, -0.1) is 11.5 Å². The monoisotopic (exact) mass is 274 g/mol. The average molecular weight is 274 g/mol. The van der Waals surface area contributed by atoms with Crippen LogP contribution in [0.1, 0.15) is 31.7 Å². The Bertz CT molecular complexity index is 400. The topological polar surface area (TPSA) is 9.23 Å². The van der Waals surface area contributed by atoms with Gasteiger partial charge in [0.2, 0.25) is 0 Å². The third kappa shape index (κ3) is 7.87. The Kier molecular flexibility index (Phi) is 7.55. The Morgan fingerprint density at radius 3 is 2.58 bits per heavy atom. The fourth-order valence-corrected chi connectivity index (χ4v) is 3.99. The second-order valence-corrected chi connectivity index (χ2v) is 10.1. The van der Waals surface area contributed by atoms with E-state index >= 15 is 0 Å². The lowest BCUT2D eigenvalue weighted by Gasteiger charge is -2.12. The van der Waals surface area contributed by atoms with Gasteiger partial charge in [-0.2, -0.15) is 0 Å². The molecule has 104 valence electrons. The van der Waals surface area contributed by atoms with E-state index in [4.69, 9.17) is 4.74 Å². The SMILES string of the molecule is CCC[Si](C)(C)C#CCCCOCc1ccccc1. The minimum absolute atomic E-state index is 0.713. The Hall–Kier alpha value is -1.04. The maximum absolute atomic E-state index is 5.64. The molecule has 1 aromatic carbocycles. The van der Waals surface area contributed by atoms with Crippen molar-refractivity contribution in [3.63, 3.8) is 0 Å². The van der Waals surface area contributed by atoms with E-state index in [9.17, 15) is 0 Å². The first-order valence-electron chi connectivity index (χ1n) is 7.26. The van der Waals surface area contributed by atoms with Gasteiger partial charge < -0.3 is 4.74 Å². The van der Waals surface area contributed by atoms with Crippen LogP contribution in [0.4, 0.5) is 0 Å². The highest BCUT2D eigenvalue weighted by Crippen LogP contribution is 2.10. The summed E-state index contributed by atoms with van der Waals surface area (Å²) in [5.74, 6) is 3.34. The smallest absolute Gasteiger partial charge is 0.132 e. The number of rotatable bonds is 7.